The monoisotopic (exact) mass is 358 g/mol. The maximum atomic E-state index is 13.0. The number of nitrogens with zero attached hydrogens (tertiary/aromatic N) is 6. The number of hydrogen-bond donors (Lipinski definition) is 0. The van der Waals surface area contributed by atoms with Gasteiger partial charge in [-0.3, -0.25) is 0 Å². The molecule has 0 N–H and O–H groups in total. The van der Waals surface area contributed by atoms with Crippen molar-refractivity contribution in [1.29, 1.82) is 0 Å². The zero-order valence-corrected chi connectivity index (χ0v) is 16.1. The summed E-state index contributed by atoms with van der Waals surface area (Å²) >= 11 is 0. The van der Waals surface area contributed by atoms with Gasteiger partial charge in [0.15, 0.2) is 0 Å². The Bertz CT molecular complexity index is 664. The van der Waals surface area contributed by atoms with Crippen LogP contribution in [0.15, 0.2) is 0 Å². The molecule has 7 heteroatoms. The molecule has 0 saturated carbocycles. The summed E-state index contributed by atoms with van der Waals surface area (Å²) in [6.07, 6.45) is 4.18. The van der Waals surface area contributed by atoms with E-state index in [0.29, 0.717) is 0 Å². The molecule has 3 aliphatic rings. The van der Waals surface area contributed by atoms with E-state index in [0.717, 1.165) is 82.5 Å². The van der Waals surface area contributed by atoms with Gasteiger partial charge >= 0.3 is 6.03 Å². The van der Waals surface area contributed by atoms with Crippen molar-refractivity contribution >= 4 is 11.8 Å². The third-order valence-electron chi connectivity index (χ3n) is 5.88. The van der Waals surface area contributed by atoms with Crippen LogP contribution in [0.5, 0.6) is 0 Å². The summed E-state index contributed by atoms with van der Waals surface area (Å²) in [5, 5.41) is 0. The minimum atomic E-state index is 0.193. The molecule has 4 rings (SSSR count). The molecular weight excluding hydrogens is 328 g/mol. The summed E-state index contributed by atoms with van der Waals surface area (Å²) in [5.74, 6) is 1.98. The van der Waals surface area contributed by atoms with Gasteiger partial charge < -0.3 is 19.6 Å². The summed E-state index contributed by atoms with van der Waals surface area (Å²) < 4.78 is 0. The van der Waals surface area contributed by atoms with Gasteiger partial charge in [-0.15, -0.1) is 0 Å². The first-order valence-corrected chi connectivity index (χ1v) is 9.95. The molecule has 0 unspecified atom stereocenters. The summed E-state index contributed by atoms with van der Waals surface area (Å²) in [6, 6.07) is 0.193. The smallest absolute Gasteiger partial charge is 0.320 e. The molecule has 0 aromatic carbocycles. The van der Waals surface area contributed by atoms with Gasteiger partial charge in [0.1, 0.15) is 11.6 Å². The second-order valence-electron chi connectivity index (χ2n) is 7.77. The van der Waals surface area contributed by atoms with Crippen molar-refractivity contribution in [2.24, 2.45) is 0 Å². The van der Waals surface area contributed by atoms with E-state index in [-0.39, 0.29) is 6.03 Å². The molecule has 2 fully saturated rings. The standard InChI is InChI=1S/C19H30N6O/c1-15-20-17-6-10-24(19(26)25-13-11-22(2)12-14-25)9-5-16(17)18(21-15)23-7-3-4-8-23/h3-14H2,1-2H3. The number of carbonyl (C=O) groups is 1. The third-order valence-corrected chi connectivity index (χ3v) is 5.88. The topological polar surface area (TPSA) is 55.8 Å². The number of fused-ring (bicyclic) bond motifs is 1. The van der Waals surface area contributed by atoms with Crippen molar-refractivity contribution in [3.63, 3.8) is 0 Å². The Morgan fingerprint density at radius 1 is 0.846 bits per heavy atom. The second-order valence-corrected chi connectivity index (χ2v) is 7.77. The normalized spacial score (nSPS) is 21.7. The largest absolute Gasteiger partial charge is 0.356 e. The van der Waals surface area contributed by atoms with Crippen LogP contribution in [0.1, 0.15) is 29.9 Å². The Hall–Kier alpha value is -1.89. The number of piperazine rings is 1. The van der Waals surface area contributed by atoms with Crippen LogP contribution in [-0.4, -0.2) is 90.1 Å². The van der Waals surface area contributed by atoms with Gasteiger partial charge in [-0.2, -0.15) is 0 Å². The van der Waals surface area contributed by atoms with E-state index < -0.39 is 0 Å². The molecule has 2 saturated heterocycles. The van der Waals surface area contributed by atoms with E-state index in [4.69, 9.17) is 9.97 Å². The number of hydrogen-bond acceptors (Lipinski definition) is 5. The fourth-order valence-electron chi connectivity index (χ4n) is 4.28. The van der Waals surface area contributed by atoms with Crippen LogP contribution >= 0.6 is 0 Å². The molecule has 7 nitrogen and oxygen atoms in total. The summed E-state index contributed by atoms with van der Waals surface area (Å²) in [6.45, 7) is 9.28. The van der Waals surface area contributed by atoms with Gasteiger partial charge in [-0.25, -0.2) is 14.8 Å². The highest BCUT2D eigenvalue weighted by atomic mass is 16.2. The van der Waals surface area contributed by atoms with Crippen molar-refractivity contribution in [2.45, 2.75) is 32.6 Å². The Labute approximate surface area is 156 Å². The highest BCUT2D eigenvalue weighted by molar-refractivity contribution is 5.75. The van der Waals surface area contributed by atoms with E-state index in [1.165, 1.54) is 18.4 Å². The molecule has 0 bridgehead atoms. The van der Waals surface area contributed by atoms with E-state index in [1.807, 2.05) is 16.7 Å². The molecule has 0 atom stereocenters. The van der Waals surface area contributed by atoms with Crippen LogP contribution in [0.3, 0.4) is 0 Å². The SMILES string of the molecule is Cc1nc2c(c(N3CCCC3)n1)CCN(C(=O)N1CCN(C)CC1)CC2. The van der Waals surface area contributed by atoms with E-state index in [2.05, 4.69) is 16.8 Å². The van der Waals surface area contributed by atoms with Gasteiger partial charge in [0.05, 0.1) is 5.69 Å². The molecule has 4 heterocycles. The lowest BCUT2D eigenvalue weighted by Crippen LogP contribution is -2.52. The lowest BCUT2D eigenvalue weighted by molar-refractivity contribution is 0.123. The van der Waals surface area contributed by atoms with Crippen molar-refractivity contribution in [3.8, 4) is 0 Å². The minimum absolute atomic E-state index is 0.193. The molecule has 2 amide bonds. The van der Waals surface area contributed by atoms with E-state index in [9.17, 15) is 4.79 Å². The molecule has 1 aromatic heterocycles. The summed E-state index contributed by atoms with van der Waals surface area (Å²) in [7, 11) is 2.12. The quantitative estimate of drug-likeness (QED) is 0.754. The number of anilines is 1. The van der Waals surface area contributed by atoms with Crippen LogP contribution in [0.25, 0.3) is 0 Å². The highest BCUT2D eigenvalue weighted by Gasteiger charge is 2.28. The van der Waals surface area contributed by atoms with Gasteiger partial charge in [-0.1, -0.05) is 0 Å². The number of aryl methyl sites for hydroxylation is 1. The molecule has 26 heavy (non-hydrogen) atoms. The number of likely N-dealkylation sites (N-methyl/N-ethyl adjacent to an activating group) is 1. The number of amides is 2. The Balaban J connectivity index is 1.50. The van der Waals surface area contributed by atoms with Crippen molar-refractivity contribution in [1.82, 2.24) is 24.7 Å². The van der Waals surface area contributed by atoms with Crippen LogP contribution in [0.4, 0.5) is 10.6 Å². The van der Waals surface area contributed by atoms with Gasteiger partial charge in [0, 0.05) is 64.3 Å². The maximum Gasteiger partial charge on any atom is 0.320 e. The predicted molar refractivity (Wildman–Crippen MR) is 102 cm³/mol. The third kappa shape index (κ3) is 3.49. The van der Waals surface area contributed by atoms with Gasteiger partial charge in [0.2, 0.25) is 0 Å². The Morgan fingerprint density at radius 3 is 2.23 bits per heavy atom. The van der Waals surface area contributed by atoms with E-state index in [1.54, 1.807) is 0 Å². The Morgan fingerprint density at radius 2 is 1.50 bits per heavy atom. The number of urea groups is 1. The average Bonchev–Trinajstić information content (AvgIpc) is 3.09. The second kappa shape index (κ2) is 7.39. The lowest BCUT2D eigenvalue weighted by Gasteiger charge is -2.35. The highest BCUT2D eigenvalue weighted by Crippen LogP contribution is 2.27. The molecule has 0 aliphatic carbocycles. The number of rotatable bonds is 1. The molecule has 142 valence electrons. The first-order valence-electron chi connectivity index (χ1n) is 9.95. The predicted octanol–water partition coefficient (Wildman–Crippen LogP) is 1.15. The first kappa shape index (κ1) is 17.5. The molecule has 1 aromatic rings. The molecule has 0 radical (unpaired) electrons. The molecule has 3 aliphatic heterocycles. The van der Waals surface area contributed by atoms with Gasteiger partial charge in [0.25, 0.3) is 0 Å². The van der Waals surface area contributed by atoms with Crippen molar-refractivity contribution in [3.05, 3.63) is 17.1 Å². The summed E-state index contributed by atoms with van der Waals surface area (Å²) in [5.41, 5.74) is 2.42. The van der Waals surface area contributed by atoms with Gasteiger partial charge in [-0.05, 0) is 33.2 Å². The van der Waals surface area contributed by atoms with Crippen LogP contribution in [-0.2, 0) is 12.8 Å². The lowest BCUT2D eigenvalue weighted by atomic mass is 10.1. The molecule has 0 spiro atoms. The maximum absolute atomic E-state index is 13.0. The zero-order chi connectivity index (χ0) is 18.1. The van der Waals surface area contributed by atoms with Crippen molar-refractivity contribution < 1.29 is 4.79 Å². The minimum Gasteiger partial charge on any atom is -0.356 e. The first-order chi connectivity index (χ1) is 12.6. The Kier molecular flexibility index (Phi) is 4.98. The summed E-state index contributed by atoms with van der Waals surface area (Å²) in [4.78, 5) is 31.2. The van der Waals surface area contributed by atoms with Crippen LogP contribution in [0, 0.1) is 6.92 Å². The van der Waals surface area contributed by atoms with E-state index >= 15 is 0 Å². The van der Waals surface area contributed by atoms with Crippen LogP contribution in [0.2, 0.25) is 0 Å². The van der Waals surface area contributed by atoms with Crippen LogP contribution < -0.4 is 4.90 Å². The fourth-order valence-corrected chi connectivity index (χ4v) is 4.28. The van der Waals surface area contributed by atoms with Crippen molar-refractivity contribution in [2.75, 3.05) is 64.3 Å². The zero-order valence-electron chi connectivity index (χ0n) is 16.1. The number of aromatic nitrogens is 2. The molecular formula is C19H30N6O. The average molecular weight is 358 g/mol. The number of carbonyl (C=O) groups excluding carboxylic acids is 1. The fraction of sp³-hybridized carbons (Fsp3) is 0.737.